The number of carbonyl (C=O) groups excluding carboxylic acids is 2. The number of rotatable bonds is 11. The van der Waals surface area contributed by atoms with Crippen LogP contribution in [0.5, 0.6) is 0 Å². The van der Waals surface area contributed by atoms with Gasteiger partial charge in [-0.3, -0.25) is 10.2 Å². The van der Waals surface area contributed by atoms with E-state index in [-0.39, 0.29) is 24.1 Å². The Bertz CT molecular complexity index is 869. The Morgan fingerprint density at radius 3 is 2.63 bits per heavy atom. The summed E-state index contributed by atoms with van der Waals surface area (Å²) in [5, 5.41) is 10.3. The zero-order valence-corrected chi connectivity index (χ0v) is 17.4. The molecule has 4 N–H and O–H groups in total. The van der Waals surface area contributed by atoms with Crippen LogP contribution in [0.25, 0.3) is 11.1 Å². The number of ether oxygens (including phenoxy) is 1. The van der Waals surface area contributed by atoms with Gasteiger partial charge in [0.1, 0.15) is 5.78 Å². The Hall–Kier alpha value is -3.49. The minimum absolute atomic E-state index is 0.000962. The van der Waals surface area contributed by atoms with Gasteiger partial charge in [-0.1, -0.05) is 24.3 Å². The van der Waals surface area contributed by atoms with Gasteiger partial charge in [-0.2, -0.15) is 0 Å². The van der Waals surface area contributed by atoms with Crippen LogP contribution in [-0.2, 0) is 16.0 Å². The van der Waals surface area contributed by atoms with E-state index in [2.05, 4.69) is 20.0 Å². The molecule has 0 aliphatic carbocycles. The summed E-state index contributed by atoms with van der Waals surface area (Å²) >= 11 is 0. The largest absolute Gasteiger partial charge is 0.453 e. The molecule has 0 unspecified atom stereocenters. The predicted molar refractivity (Wildman–Crippen MR) is 115 cm³/mol. The molecule has 0 aliphatic heterocycles. The Balaban J connectivity index is 1.86. The Morgan fingerprint density at radius 2 is 1.97 bits per heavy atom. The first-order valence-electron chi connectivity index (χ1n) is 9.68. The van der Waals surface area contributed by atoms with Crippen molar-refractivity contribution in [1.29, 1.82) is 5.41 Å². The predicted octanol–water partition coefficient (Wildman–Crippen LogP) is 2.47. The maximum absolute atomic E-state index is 11.7. The van der Waals surface area contributed by atoms with Gasteiger partial charge in [0.15, 0.2) is 0 Å². The molecule has 0 saturated carbocycles. The zero-order valence-electron chi connectivity index (χ0n) is 17.4. The molecule has 0 spiro atoms. The molecule has 1 aromatic carbocycles. The summed E-state index contributed by atoms with van der Waals surface area (Å²) in [7, 11) is 3.04. The van der Waals surface area contributed by atoms with Crippen LogP contribution in [0.1, 0.15) is 24.8 Å². The Kier molecular flexibility index (Phi) is 8.74. The molecule has 0 aliphatic rings. The lowest BCUT2D eigenvalue weighted by molar-refractivity contribution is -0.117. The molecule has 1 heterocycles. The van der Waals surface area contributed by atoms with E-state index in [0.29, 0.717) is 31.9 Å². The first-order chi connectivity index (χ1) is 14.4. The number of nitrogens with two attached hydrogens (primary N) is 1. The topological polar surface area (TPSA) is 134 Å². The molecule has 0 radical (unpaired) electrons. The molecule has 0 atom stereocenters. The third kappa shape index (κ3) is 7.50. The normalized spacial score (nSPS) is 10.3. The van der Waals surface area contributed by atoms with Crippen LogP contribution in [0.2, 0.25) is 0 Å². The second-order valence-corrected chi connectivity index (χ2v) is 6.91. The number of carbonyl (C=O) groups is 2. The smallest absolute Gasteiger partial charge is 0.409 e. The Morgan fingerprint density at radius 1 is 1.23 bits per heavy atom. The average molecular weight is 412 g/mol. The molecular weight excluding hydrogens is 384 g/mol. The summed E-state index contributed by atoms with van der Waals surface area (Å²) in [5.74, 6) is 0.380. The summed E-state index contributed by atoms with van der Waals surface area (Å²) in [6.07, 6.45) is 4.82. The number of hydrogen-bond acceptors (Lipinski definition) is 7. The lowest BCUT2D eigenvalue weighted by atomic mass is 10.0. The minimum Gasteiger partial charge on any atom is -0.453 e. The van der Waals surface area contributed by atoms with E-state index in [4.69, 9.17) is 11.1 Å². The highest BCUT2D eigenvalue weighted by molar-refractivity contribution is 5.98. The molecule has 160 valence electrons. The first-order valence-corrected chi connectivity index (χ1v) is 9.68. The average Bonchev–Trinajstić information content (AvgIpc) is 2.74. The number of aromatic nitrogens is 2. The number of nitrogens with one attached hydrogen (secondary N) is 2. The van der Waals surface area contributed by atoms with Gasteiger partial charge in [-0.15, -0.1) is 0 Å². The highest BCUT2D eigenvalue weighted by atomic mass is 16.5. The van der Waals surface area contributed by atoms with E-state index in [1.165, 1.54) is 12.0 Å². The summed E-state index contributed by atoms with van der Waals surface area (Å²) in [5.41, 5.74) is 8.14. The quantitative estimate of drug-likeness (QED) is 0.293. The van der Waals surface area contributed by atoms with Crippen molar-refractivity contribution < 1.29 is 14.3 Å². The number of hydrogen-bond donors (Lipinski definition) is 3. The molecule has 9 heteroatoms. The molecule has 0 saturated heterocycles. The number of aryl methyl sites for hydroxylation is 1. The van der Waals surface area contributed by atoms with E-state index < -0.39 is 0 Å². The van der Waals surface area contributed by atoms with Crippen molar-refractivity contribution in [3.05, 3.63) is 42.2 Å². The summed E-state index contributed by atoms with van der Waals surface area (Å²) in [4.78, 5) is 33.2. The lowest BCUT2D eigenvalue weighted by Gasteiger charge is -2.15. The fourth-order valence-corrected chi connectivity index (χ4v) is 2.82. The number of anilines is 1. The van der Waals surface area contributed by atoms with Crippen LogP contribution < -0.4 is 11.1 Å². The van der Waals surface area contributed by atoms with Crippen LogP contribution in [0, 0.1) is 5.41 Å². The lowest BCUT2D eigenvalue weighted by Crippen LogP contribution is -2.28. The van der Waals surface area contributed by atoms with Crippen molar-refractivity contribution in [2.75, 3.05) is 32.6 Å². The van der Waals surface area contributed by atoms with Crippen LogP contribution in [0.15, 0.2) is 36.7 Å². The van der Waals surface area contributed by atoms with E-state index in [9.17, 15) is 9.59 Å². The monoisotopic (exact) mass is 412 g/mol. The van der Waals surface area contributed by atoms with Crippen LogP contribution in [0.4, 0.5) is 10.7 Å². The fourth-order valence-electron chi connectivity index (χ4n) is 2.82. The van der Waals surface area contributed by atoms with Gasteiger partial charge in [-0.25, -0.2) is 14.8 Å². The highest BCUT2D eigenvalue weighted by Gasteiger charge is 2.08. The van der Waals surface area contributed by atoms with Gasteiger partial charge in [-0.05, 0) is 24.0 Å². The van der Waals surface area contributed by atoms with Gasteiger partial charge in [0.2, 0.25) is 5.95 Å². The molecule has 1 aromatic heterocycles. The van der Waals surface area contributed by atoms with Crippen molar-refractivity contribution in [1.82, 2.24) is 14.9 Å². The second kappa shape index (κ2) is 11.5. The van der Waals surface area contributed by atoms with Gasteiger partial charge < -0.3 is 20.7 Å². The van der Waals surface area contributed by atoms with Crippen molar-refractivity contribution in [2.45, 2.75) is 25.7 Å². The standard InChI is InChI=1S/C21H28N6O3/c1-27(21(29)30-2)10-4-9-24-20-25-13-17(14-26-20)16-6-3-5-15(11-16)7-8-18(28)12-19(22)23/h3,5-6,11,13-14H,4,7-10,12H2,1-2H3,(H3,22,23)(H,24,25,26). The second-order valence-electron chi connectivity index (χ2n) is 6.91. The Labute approximate surface area is 176 Å². The summed E-state index contributed by atoms with van der Waals surface area (Å²) < 4.78 is 4.64. The zero-order chi connectivity index (χ0) is 21.9. The number of ketones is 1. The third-order valence-electron chi connectivity index (χ3n) is 4.43. The molecule has 9 nitrogen and oxygen atoms in total. The molecule has 30 heavy (non-hydrogen) atoms. The molecule has 1 amide bonds. The number of nitrogens with zero attached hydrogens (tertiary/aromatic N) is 3. The van der Waals surface area contributed by atoms with E-state index >= 15 is 0 Å². The molecule has 2 aromatic rings. The molecule has 2 rings (SSSR count). The molecule has 0 bridgehead atoms. The first kappa shape index (κ1) is 22.8. The van der Waals surface area contributed by atoms with Gasteiger partial charge in [0.25, 0.3) is 0 Å². The highest BCUT2D eigenvalue weighted by Crippen LogP contribution is 2.20. The van der Waals surface area contributed by atoms with Crippen molar-refractivity contribution in [3.63, 3.8) is 0 Å². The van der Waals surface area contributed by atoms with E-state index in [1.807, 2.05) is 24.3 Å². The van der Waals surface area contributed by atoms with Crippen LogP contribution in [0.3, 0.4) is 0 Å². The fraction of sp³-hybridized carbons (Fsp3) is 0.381. The van der Waals surface area contributed by atoms with Gasteiger partial charge >= 0.3 is 6.09 Å². The van der Waals surface area contributed by atoms with Gasteiger partial charge in [0, 0.05) is 44.5 Å². The molecular formula is C21H28N6O3. The maximum Gasteiger partial charge on any atom is 0.409 e. The SMILES string of the molecule is COC(=O)N(C)CCCNc1ncc(-c2cccc(CCC(=O)CC(=N)N)c2)cn1. The number of Topliss-reactive ketones (excluding diaryl/α,β-unsaturated/α-hetero) is 1. The van der Waals surface area contributed by atoms with Crippen molar-refractivity contribution >= 4 is 23.7 Å². The van der Waals surface area contributed by atoms with Crippen LogP contribution >= 0.6 is 0 Å². The van der Waals surface area contributed by atoms with E-state index in [1.54, 1.807) is 19.4 Å². The summed E-state index contributed by atoms with van der Waals surface area (Å²) in [6, 6.07) is 7.88. The number of amides is 1. The number of benzene rings is 1. The summed E-state index contributed by atoms with van der Waals surface area (Å²) in [6.45, 7) is 1.20. The maximum atomic E-state index is 11.7. The minimum atomic E-state index is -0.360. The molecule has 0 fully saturated rings. The van der Waals surface area contributed by atoms with E-state index in [0.717, 1.165) is 23.1 Å². The number of amidine groups is 1. The van der Waals surface area contributed by atoms with Crippen molar-refractivity contribution in [2.24, 2.45) is 5.73 Å². The number of methoxy groups -OCH3 is 1. The third-order valence-corrected chi connectivity index (χ3v) is 4.43. The van der Waals surface area contributed by atoms with Crippen molar-refractivity contribution in [3.8, 4) is 11.1 Å². The van der Waals surface area contributed by atoms with Gasteiger partial charge in [0.05, 0.1) is 19.4 Å². The van der Waals surface area contributed by atoms with Crippen LogP contribution in [-0.4, -0.2) is 59.8 Å².